The van der Waals surface area contributed by atoms with E-state index in [0.29, 0.717) is 12.0 Å². The molecule has 0 aromatic carbocycles. The van der Waals surface area contributed by atoms with Crippen LogP contribution < -0.4 is 5.32 Å². The predicted octanol–water partition coefficient (Wildman–Crippen LogP) is 3.11. The number of allylic oxidation sites excluding steroid dienone is 2. The first kappa shape index (κ1) is 11.9. The third kappa shape index (κ3) is 1.56. The summed E-state index contributed by atoms with van der Waals surface area (Å²) in [5.41, 5.74) is 4.98. The van der Waals surface area contributed by atoms with Crippen molar-refractivity contribution in [3.8, 4) is 0 Å². The highest BCUT2D eigenvalue weighted by Gasteiger charge is 2.49. The smallest absolute Gasteiger partial charge is 0.0574 e. The fourth-order valence-electron chi connectivity index (χ4n) is 4.77. The largest absolute Gasteiger partial charge is 0.307 e. The number of nitrogens with one attached hydrogen (secondary N) is 1. The van der Waals surface area contributed by atoms with Crippen LogP contribution in [0.25, 0.3) is 0 Å². The third-order valence-corrected chi connectivity index (χ3v) is 6.25. The van der Waals surface area contributed by atoms with Crippen LogP contribution in [0.15, 0.2) is 28.3 Å². The van der Waals surface area contributed by atoms with Crippen molar-refractivity contribution in [3.05, 3.63) is 23.3 Å². The van der Waals surface area contributed by atoms with Gasteiger partial charge in [-0.15, -0.1) is 0 Å². The molecule has 2 aliphatic carbocycles. The lowest BCUT2D eigenvalue weighted by molar-refractivity contribution is 0.168. The summed E-state index contributed by atoms with van der Waals surface area (Å²) in [6, 6.07) is 0.525. The maximum absolute atomic E-state index is 5.17. The molecule has 0 spiro atoms. The average Bonchev–Trinajstić information content (AvgIpc) is 2.70. The van der Waals surface area contributed by atoms with Crippen LogP contribution in [0.1, 0.15) is 40.0 Å². The molecule has 4 bridgehead atoms. The lowest BCUT2D eigenvalue weighted by Gasteiger charge is -2.45. The molecule has 0 aromatic rings. The summed E-state index contributed by atoms with van der Waals surface area (Å²) in [5, 5.41) is 3.80. The molecule has 1 saturated carbocycles. The molecule has 0 saturated heterocycles. The van der Waals surface area contributed by atoms with Crippen LogP contribution in [0.4, 0.5) is 0 Å². The van der Waals surface area contributed by atoms with Gasteiger partial charge in [-0.25, -0.2) is 0 Å². The molecule has 5 atom stereocenters. The fraction of sp³-hybridized carbons (Fsp3) is 0.706. The molecule has 4 aliphatic rings. The fourth-order valence-corrected chi connectivity index (χ4v) is 4.77. The van der Waals surface area contributed by atoms with Gasteiger partial charge in [0.2, 0.25) is 0 Å². The van der Waals surface area contributed by atoms with Gasteiger partial charge in [0.25, 0.3) is 0 Å². The van der Waals surface area contributed by atoms with E-state index in [4.69, 9.17) is 4.99 Å². The molecule has 1 N–H and O–H groups in total. The van der Waals surface area contributed by atoms with Crippen LogP contribution in [0.3, 0.4) is 0 Å². The van der Waals surface area contributed by atoms with E-state index in [1.165, 1.54) is 18.6 Å². The van der Waals surface area contributed by atoms with Crippen molar-refractivity contribution in [2.45, 2.75) is 51.6 Å². The van der Waals surface area contributed by atoms with Crippen molar-refractivity contribution in [2.75, 3.05) is 6.54 Å². The highest BCUT2D eigenvalue weighted by atomic mass is 15.0. The maximum atomic E-state index is 5.17. The number of rotatable bonds is 0. The van der Waals surface area contributed by atoms with Gasteiger partial charge in [0.15, 0.2) is 0 Å². The first-order valence-corrected chi connectivity index (χ1v) is 7.77. The zero-order valence-electron chi connectivity index (χ0n) is 12.2. The molecule has 2 aliphatic heterocycles. The second kappa shape index (κ2) is 3.82. The van der Waals surface area contributed by atoms with E-state index in [9.17, 15) is 0 Å². The van der Waals surface area contributed by atoms with Crippen molar-refractivity contribution in [1.82, 2.24) is 5.32 Å². The maximum Gasteiger partial charge on any atom is 0.0574 e. The van der Waals surface area contributed by atoms with Gasteiger partial charge in [0.05, 0.1) is 6.04 Å². The molecule has 2 heterocycles. The van der Waals surface area contributed by atoms with E-state index >= 15 is 0 Å². The molecular formula is C17H24N2. The lowest BCUT2D eigenvalue weighted by atomic mass is 9.64. The molecule has 2 nitrogen and oxygen atoms in total. The monoisotopic (exact) mass is 256 g/mol. The van der Waals surface area contributed by atoms with Crippen molar-refractivity contribution in [1.29, 1.82) is 0 Å². The Morgan fingerprint density at radius 3 is 3.05 bits per heavy atom. The second-order valence-corrected chi connectivity index (χ2v) is 7.25. The summed E-state index contributed by atoms with van der Waals surface area (Å²) in [7, 11) is 0. The normalized spacial score (nSPS) is 47.8. The number of hydrogen-bond acceptors (Lipinski definition) is 2. The minimum Gasteiger partial charge on any atom is -0.307 e. The van der Waals surface area contributed by atoms with Crippen LogP contribution in [-0.4, -0.2) is 23.8 Å². The molecule has 1 fully saturated rings. The second-order valence-electron chi connectivity index (χ2n) is 7.25. The zero-order chi connectivity index (χ0) is 13.2. The van der Waals surface area contributed by atoms with E-state index in [0.717, 1.165) is 24.8 Å². The van der Waals surface area contributed by atoms with Crippen LogP contribution in [0.5, 0.6) is 0 Å². The molecule has 0 aromatic heterocycles. The van der Waals surface area contributed by atoms with Crippen LogP contribution >= 0.6 is 0 Å². The van der Waals surface area contributed by atoms with Crippen LogP contribution in [0, 0.1) is 17.8 Å². The van der Waals surface area contributed by atoms with Crippen molar-refractivity contribution < 1.29 is 0 Å². The topological polar surface area (TPSA) is 24.4 Å². The van der Waals surface area contributed by atoms with Gasteiger partial charge < -0.3 is 5.32 Å². The van der Waals surface area contributed by atoms with E-state index in [1.54, 1.807) is 11.1 Å². The van der Waals surface area contributed by atoms with Crippen molar-refractivity contribution in [2.24, 2.45) is 22.7 Å². The van der Waals surface area contributed by atoms with Crippen LogP contribution in [0.2, 0.25) is 0 Å². The summed E-state index contributed by atoms with van der Waals surface area (Å²) in [4.78, 5) is 5.17. The number of hydrogen-bond donors (Lipinski definition) is 1. The average molecular weight is 256 g/mol. The van der Waals surface area contributed by atoms with Gasteiger partial charge in [0, 0.05) is 30.1 Å². The highest BCUT2D eigenvalue weighted by Crippen LogP contribution is 2.49. The summed E-state index contributed by atoms with van der Waals surface area (Å²) in [6.07, 6.45) is 8.27. The van der Waals surface area contributed by atoms with Gasteiger partial charge in [-0.1, -0.05) is 31.6 Å². The van der Waals surface area contributed by atoms with Gasteiger partial charge >= 0.3 is 0 Å². The van der Waals surface area contributed by atoms with E-state index in [2.05, 4.69) is 38.2 Å². The van der Waals surface area contributed by atoms with E-state index in [1.807, 2.05) is 0 Å². The Balaban J connectivity index is 1.91. The Labute approximate surface area is 116 Å². The Bertz CT molecular complexity index is 513. The van der Waals surface area contributed by atoms with Gasteiger partial charge in [-0.05, 0) is 37.2 Å². The van der Waals surface area contributed by atoms with Gasteiger partial charge in [-0.3, -0.25) is 4.99 Å². The molecule has 19 heavy (non-hydrogen) atoms. The minimum atomic E-state index is 0.207. The highest BCUT2D eigenvalue weighted by molar-refractivity contribution is 5.93. The first-order valence-electron chi connectivity index (χ1n) is 7.77. The lowest BCUT2D eigenvalue weighted by Crippen LogP contribution is -2.54. The van der Waals surface area contributed by atoms with Gasteiger partial charge in [0.1, 0.15) is 0 Å². The summed E-state index contributed by atoms with van der Waals surface area (Å²) in [5.74, 6) is 2.08. The summed E-state index contributed by atoms with van der Waals surface area (Å²) < 4.78 is 0. The van der Waals surface area contributed by atoms with Crippen molar-refractivity contribution >= 4 is 5.71 Å². The zero-order valence-corrected chi connectivity index (χ0v) is 12.2. The van der Waals surface area contributed by atoms with Crippen molar-refractivity contribution in [3.63, 3.8) is 0 Å². The van der Waals surface area contributed by atoms with E-state index < -0.39 is 0 Å². The quantitative estimate of drug-likeness (QED) is 0.707. The van der Waals surface area contributed by atoms with Gasteiger partial charge in [-0.2, -0.15) is 0 Å². The minimum absolute atomic E-state index is 0.207. The summed E-state index contributed by atoms with van der Waals surface area (Å²) >= 11 is 0. The number of fused-ring (bicyclic) bond motifs is 2. The molecule has 0 amide bonds. The third-order valence-electron chi connectivity index (χ3n) is 6.25. The molecular weight excluding hydrogens is 232 g/mol. The first-order chi connectivity index (χ1) is 9.08. The predicted molar refractivity (Wildman–Crippen MR) is 79.5 cm³/mol. The molecule has 2 heteroatoms. The molecule has 0 radical (unpaired) electrons. The Kier molecular flexibility index (Phi) is 2.39. The molecule has 102 valence electrons. The van der Waals surface area contributed by atoms with E-state index in [-0.39, 0.29) is 5.54 Å². The van der Waals surface area contributed by atoms with Crippen LogP contribution in [-0.2, 0) is 0 Å². The Hall–Kier alpha value is -0.890. The summed E-state index contributed by atoms with van der Waals surface area (Å²) in [6.45, 7) is 8.26. The molecule has 4 rings (SSSR count). The Morgan fingerprint density at radius 1 is 1.37 bits per heavy atom. The SMILES string of the molecule is CC1C2CC3=C4C=CCNC(C)(C3)C(C)C1N=C2C4. The molecule has 5 unspecified atom stereocenters. The number of aliphatic imine (C=N–C) groups is 1. The number of nitrogens with zero attached hydrogens (tertiary/aromatic N) is 1. The Morgan fingerprint density at radius 2 is 2.21 bits per heavy atom. The standard InChI is InChI=1S/C17H24N2/c1-10-14-7-13-9-17(3)11(2)16(10)19-15(14)8-12(13)5-4-6-18-17/h4-5,10-11,14,16,18H,6-9H2,1-3H3.